The van der Waals surface area contributed by atoms with Crippen molar-refractivity contribution in [2.45, 2.75) is 12.8 Å². The van der Waals surface area contributed by atoms with E-state index in [0.29, 0.717) is 12.5 Å². The van der Waals surface area contributed by atoms with Crippen molar-refractivity contribution >= 4 is 5.97 Å². The molecule has 0 saturated carbocycles. The van der Waals surface area contributed by atoms with Crippen LogP contribution in [0.2, 0.25) is 0 Å². The Balaban J connectivity index is 2.82. The van der Waals surface area contributed by atoms with E-state index in [0.717, 1.165) is 5.56 Å². The second-order valence-corrected chi connectivity index (χ2v) is 3.17. The molecule has 1 aromatic rings. The molecule has 0 aliphatic rings. The monoisotopic (exact) mass is 224 g/mol. The molecular formula is C11H16N2O3. The summed E-state index contributed by atoms with van der Waals surface area (Å²) >= 11 is 0. The van der Waals surface area contributed by atoms with E-state index in [9.17, 15) is 4.79 Å². The summed E-state index contributed by atoms with van der Waals surface area (Å²) in [6.45, 7) is 2.31. The number of hydrogen-bond donors (Lipinski definition) is 1. The third-order valence-electron chi connectivity index (χ3n) is 2.18. The third-order valence-corrected chi connectivity index (χ3v) is 2.18. The smallest absolute Gasteiger partial charge is 0.314 e. The maximum atomic E-state index is 11.6. The van der Waals surface area contributed by atoms with E-state index in [1.54, 1.807) is 25.3 Å². The number of methoxy groups -OCH3 is 1. The van der Waals surface area contributed by atoms with Gasteiger partial charge in [-0.15, -0.1) is 0 Å². The van der Waals surface area contributed by atoms with Gasteiger partial charge in [-0.1, -0.05) is 6.07 Å². The minimum absolute atomic E-state index is 0.201. The highest BCUT2D eigenvalue weighted by atomic mass is 16.5. The summed E-state index contributed by atoms with van der Waals surface area (Å²) in [5.41, 5.74) is 6.28. The molecule has 0 aliphatic heterocycles. The molecule has 0 saturated heterocycles. The van der Waals surface area contributed by atoms with E-state index in [4.69, 9.17) is 15.2 Å². The summed E-state index contributed by atoms with van der Waals surface area (Å²) in [7, 11) is 1.54. The highest BCUT2D eigenvalue weighted by molar-refractivity contribution is 5.78. The van der Waals surface area contributed by atoms with Crippen molar-refractivity contribution < 1.29 is 14.3 Å². The number of aromatic nitrogens is 1. The fourth-order valence-corrected chi connectivity index (χ4v) is 1.33. The van der Waals surface area contributed by atoms with Gasteiger partial charge in [0.15, 0.2) is 0 Å². The van der Waals surface area contributed by atoms with Crippen LogP contribution in [0, 0.1) is 0 Å². The van der Waals surface area contributed by atoms with Gasteiger partial charge in [-0.3, -0.25) is 4.79 Å². The molecule has 1 atom stereocenters. The molecule has 0 aromatic carbocycles. The molecule has 1 unspecified atom stereocenters. The van der Waals surface area contributed by atoms with Crippen molar-refractivity contribution in [3.05, 3.63) is 23.9 Å². The van der Waals surface area contributed by atoms with Crippen LogP contribution < -0.4 is 10.5 Å². The maximum absolute atomic E-state index is 11.6. The van der Waals surface area contributed by atoms with Crippen LogP contribution in [-0.4, -0.2) is 31.2 Å². The second-order valence-electron chi connectivity index (χ2n) is 3.17. The predicted molar refractivity (Wildman–Crippen MR) is 59.2 cm³/mol. The zero-order valence-electron chi connectivity index (χ0n) is 9.47. The standard InChI is InChI=1S/C11H16N2O3/c1-3-16-11(14)9(6-12)8-4-5-10(15-2)13-7-8/h4-5,7,9H,3,6,12H2,1-2H3. The second kappa shape index (κ2) is 6.07. The summed E-state index contributed by atoms with van der Waals surface area (Å²) in [5.74, 6) is -0.279. The quantitative estimate of drug-likeness (QED) is 0.745. The number of ether oxygens (including phenoxy) is 2. The van der Waals surface area contributed by atoms with E-state index >= 15 is 0 Å². The minimum Gasteiger partial charge on any atom is -0.481 e. The van der Waals surface area contributed by atoms with Gasteiger partial charge >= 0.3 is 5.97 Å². The Bertz CT molecular complexity index is 338. The van der Waals surface area contributed by atoms with Crippen LogP contribution in [0.1, 0.15) is 18.4 Å². The molecule has 1 rings (SSSR count). The largest absolute Gasteiger partial charge is 0.481 e. The normalized spacial score (nSPS) is 11.9. The van der Waals surface area contributed by atoms with Gasteiger partial charge in [-0.2, -0.15) is 0 Å². The first kappa shape index (κ1) is 12.4. The molecular weight excluding hydrogens is 208 g/mol. The van der Waals surface area contributed by atoms with Crippen molar-refractivity contribution in [1.29, 1.82) is 0 Å². The first-order chi connectivity index (χ1) is 7.72. The van der Waals surface area contributed by atoms with Crippen molar-refractivity contribution in [2.75, 3.05) is 20.3 Å². The molecule has 0 spiro atoms. The van der Waals surface area contributed by atoms with Gasteiger partial charge in [0.25, 0.3) is 0 Å². The fraction of sp³-hybridized carbons (Fsp3) is 0.455. The highest BCUT2D eigenvalue weighted by Crippen LogP contribution is 2.17. The van der Waals surface area contributed by atoms with Crippen molar-refractivity contribution in [3.8, 4) is 5.88 Å². The number of hydrogen-bond acceptors (Lipinski definition) is 5. The number of carbonyl (C=O) groups is 1. The van der Waals surface area contributed by atoms with Crippen molar-refractivity contribution in [1.82, 2.24) is 4.98 Å². The molecule has 0 amide bonds. The Kier molecular flexibility index (Phi) is 4.72. The lowest BCUT2D eigenvalue weighted by atomic mass is 10.0. The van der Waals surface area contributed by atoms with Crippen LogP contribution >= 0.6 is 0 Å². The number of pyridine rings is 1. The van der Waals surface area contributed by atoms with Crippen LogP contribution in [0.5, 0.6) is 5.88 Å². The summed E-state index contributed by atoms with van der Waals surface area (Å²) in [4.78, 5) is 15.6. The van der Waals surface area contributed by atoms with E-state index in [1.165, 1.54) is 7.11 Å². The molecule has 0 bridgehead atoms. The zero-order valence-corrected chi connectivity index (χ0v) is 9.47. The zero-order chi connectivity index (χ0) is 12.0. The van der Waals surface area contributed by atoms with Gasteiger partial charge < -0.3 is 15.2 Å². The highest BCUT2D eigenvalue weighted by Gasteiger charge is 2.20. The number of esters is 1. The van der Waals surface area contributed by atoms with E-state index in [-0.39, 0.29) is 12.5 Å². The number of rotatable bonds is 5. The summed E-state index contributed by atoms with van der Waals surface area (Å²) in [6, 6.07) is 3.46. The number of nitrogens with two attached hydrogens (primary N) is 1. The molecule has 0 radical (unpaired) electrons. The molecule has 16 heavy (non-hydrogen) atoms. The van der Waals surface area contributed by atoms with Gasteiger partial charge in [0.05, 0.1) is 19.6 Å². The van der Waals surface area contributed by atoms with Crippen LogP contribution in [0.15, 0.2) is 18.3 Å². The summed E-state index contributed by atoms with van der Waals surface area (Å²) in [6.07, 6.45) is 1.58. The van der Waals surface area contributed by atoms with Gasteiger partial charge in [0, 0.05) is 18.8 Å². The molecule has 1 aromatic heterocycles. The number of carbonyl (C=O) groups excluding carboxylic acids is 1. The van der Waals surface area contributed by atoms with Gasteiger partial charge in [-0.05, 0) is 12.5 Å². The van der Waals surface area contributed by atoms with Crippen LogP contribution in [0.3, 0.4) is 0 Å². The topological polar surface area (TPSA) is 74.4 Å². The molecule has 88 valence electrons. The molecule has 0 aliphatic carbocycles. The van der Waals surface area contributed by atoms with Crippen molar-refractivity contribution in [3.63, 3.8) is 0 Å². The summed E-state index contributed by atoms with van der Waals surface area (Å²) < 4.78 is 9.86. The minimum atomic E-state index is -0.460. The molecule has 5 nitrogen and oxygen atoms in total. The summed E-state index contributed by atoms with van der Waals surface area (Å²) in [5, 5.41) is 0. The fourth-order valence-electron chi connectivity index (χ4n) is 1.33. The maximum Gasteiger partial charge on any atom is 0.314 e. The van der Waals surface area contributed by atoms with Gasteiger partial charge in [-0.25, -0.2) is 4.98 Å². The first-order valence-electron chi connectivity index (χ1n) is 5.09. The average Bonchev–Trinajstić information content (AvgIpc) is 2.31. The Labute approximate surface area is 94.6 Å². The average molecular weight is 224 g/mol. The third kappa shape index (κ3) is 2.93. The predicted octanol–water partition coefficient (Wildman–Crippen LogP) is 0.696. The lowest BCUT2D eigenvalue weighted by Gasteiger charge is -2.13. The van der Waals surface area contributed by atoms with Crippen molar-refractivity contribution in [2.24, 2.45) is 5.73 Å². The van der Waals surface area contributed by atoms with E-state index in [1.807, 2.05) is 0 Å². The van der Waals surface area contributed by atoms with Gasteiger partial charge in [0.1, 0.15) is 0 Å². The van der Waals surface area contributed by atoms with Crippen LogP contribution in [0.25, 0.3) is 0 Å². The van der Waals surface area contributed by atoms with E-state index < -0.39 is 5.92 Å². The van der Waals surface area contributed by atoms with E-state index in [2.05, 4.69) is 4.98 Å². The molecule has 2 N–H and O–H groups in total. The Hall–Kier alpha value is -1.62. The Morgan fingerprint density at radius 1 is 1.56 bits per heavy atom. The molecule has 0 fully saturated rings. The lowest BCUT2D eigenvalue weighted by molar-refractivity contribution is -0.144. The molecule has 5 heteroatoms. The lowest BCUT2D eigenvalue weighted by Crippen LogP contribution is -2.23. The van der Waals surface area contributed by atoms with Crippen LogP contribution in [0.4, 0.5) is 0 Å². The Morgan fingerprint density at radius 2 is 2.31 bits per heavy atom. The molecule has 1 heterocycles. The first-order valence-corrected chi connectivity index (χ1v) is 5.09. The van der Waals surface area contributed by atoms with Gasteiger partial charge in [0.2, 0.25) is 5.88 Å². The Morgan fingerprint density at radius 3 is 2.75 bits per heavy atom. The SMILES string of the molecule is CCOC(=O)C(CN)c1ccc(OC)nc1. The number of nitrogens with zero attached hydrogens (tertiary/aromatic N) is 1. The van der Waals surface area contributed by atoms with Crippen LogP contribution in [-0.2, 0) is 9.53 Å².